The standard InChI is InChI=1S/C22H19N3O4/c1-2-26-17-7-3-15(4-8-17)6-10-21-25-18(12-23)22(29-21)24-13-16-5-9-19-20(11-16)28-14-27-19/h3-11,24H,2,13-14H2,1H3. The van der Waals surface area contributed by atoms with Crippen molar-refractivity contribution in [1.82, 2.24) is 4.98 Å². The molecule has 2 heterocycles. The highest BCUT2D eigenvalue weighted by atomic mass is 16.7. The topological polar surface area (TPSA) is 89.5 Å². The van der Waals surface area contributed by atoms with Gasteiger partial charge in [0.15, 0.2) is 11.5 Å². The Morgan fingerprint density at radius 1 is 1.14 bits per heavy atom. The van der Waals surface area contributed by atoms with Crippen LogP contribution in [0.15, 0.2) is 46.9 Å². The van der Waals surface area contributed by atoms with Gasteiger partial charge in [0.2, 0.25) is 24.3 Å². The molecule has 1 N–H and O–H groups in total. The Balaban J connectivity index is 1.43. The molecule has 1 aliphatic heterocycles. The van der Waals surface area contributed by atoms with E-state index in [1.807, 2.05) is 55.5 Å². The van der Waals surface area contributed by atoms with Crippen LogP contribution in [-0.2, 0) is 6.54 Å². The lowest BCUT2D eigenvalue weighted by atomic mass is 10.2. The number of rotatable bonds is 7. The number of benzene rings is 2. The molecule has 29 heavy (non-hydrogen) atoms. The van der Waals surface area contributed by atoms with Crippen molar-refractivity contribution in [2.24, 2.45) is 0 Å². The van der Waals surface area contributed by atoms with Gasteiger partial charge in [-0.2, -0.15) is 10.2 Å². The van der Waals surface area contributed by atoms with Gasteiger partial charge in [-0.25, -0.2) is 0 Å². The molecule has 0 atom stereocenters. The zero-order valence-corrected chi connectivity index (χ0v) is 15.8. The molecule has 1 aromatic heterocycles. The minimum atomic E-state index is 0.206. The Bertz CT molecular complexity index is 1060. The normalized spacial score (nSPS) is 12.1. The van der Waals surface area contributed by atoms with E-state index in [1.54, 1.807) is 6.08 Å². The molecule has 0 spiro atoms. The number of oxazole rings is 1. The van der Waals surface area contributed by atoms with Gasteiger partial charge in [-0.05, 0) is 48.4 Å². The van der Waals surface area contributed by atoms with Crippen molar-refractivity contribution in [1.29, 1.82) is 5.26 Å². The third kappa shape index (κ3) is 4.33. The molecule has 2 aromatic carbocycles. The smallest absolute Gasteiger partial charge is 0.232 e. The van der Waals surface area contributed by atoms with Gasteiger partial charge in [0.05, 0.1) is 6.61 Å². The molecule has 7 nitrogen and oxygen atoms in total. The van der Waals surface area contributed by atoms with Crippen LogP contribution in [0.5, 0.6) is 17.2 Å². The highest BCUT2D eigenvalue weighted by Gasteiger charge is 2.15. The fourth-order valence-electron chi connectivity index (χ4n) is 2.85. The molecule has 3 aromatic rings. The summed E-state index contributed by atoms with van der Waals surface area (Å²) in [6.07, 6.45) is 3.59. The second kappa shape index (κ2) is 8.40. The molecule has 146 valence electrons. The van der Waals surface area contributed by atoms with E-state index in [1.165, 1.54) is 0 Å². The predicted molar refractivity (Wildman–Crippen MR) is 108 cm³/mol. The van der Waals surface area contributed by atoms with E-state index in [0.29, 0.717) is 30.7 Å². The fraction of sp³-hybridized carbons (Fsp3) is 0.182. The van der Waals surface area contributed by atoms with Crippen molar-refractivity contribution in [2.45, 2.75) is 13.5 Å². The molecule has 0 unspecified atom stereocenters. The van der Waals surface area contributed by atoms with Crippen molar-refractivity contribution in [2.75, 3.05) is 18.7 Å². The van der Waals surface area contributed by atoms with E-state index in [0.717, 1.165) is 22.6 Å². The summed E-state index contributed by atoms with van der Waals surface area (Å²) < 4.78 is 21.8. The molecule has 0 aliphatic carbocycles. The summed E-state index contributed by atoms with van der Waals surface area (Å²) in [7, 11) is 0. The number of aromatic nitrogens is 1. The summed E-state index contributed by atoms with van der Waals surface area (Å²) >= 11 is 0. The number of nitrogens with one attached hydrogen (secondary N) is 1. The molecule has 1 aliphatic rings. The number of anilines is 1. The Labute approximate surface area is 168 Å². The Hall–Kier alpha value is -3.92. The van der Waals surface area contributed by atoms with Crippen LogP contribution in [0.2, 0.25) is 0 Å². The van der Waals surface area contributed by atoms with E-state index in [-0.39, 0.29) is 12.5 Å². The maximum absolute atomic E-state index is 9.34. The number of hydrogen-bond donors (Lipinski definition) is 1. The first-order valence-electron chi connectivity index (χ1n) is 9.19. The van der Waals surface area contributed by atoms with Crippen LogP contribution in [0.3, 0.4) is 0 Å². The summed E-state index contributed by atoms with van der Waals surface area (Å²) in [6.45, 7) is 3.27. The maximum atomic E-state index is 9.34. The van der Waals surface area contributed by atoms with Gasteiger partial charge in [-0.1, -0.05) is 18.2 Å². The van der Waals surface area contributed by atoms with Gasteiger partial charge >= 0.3 is 0 Å². The molecule has 0 amide bonds. The maximum Gasteiger partial charge on any atom is 0.232 e. The van der Waals surface area contributed by atoms with E-state index >= 15 is 0 Å². The number of hydrogen-bond acceptors (Lipinski definition) is 7. The average molecular weight is 389 g/mol. The predicted octanol–water partition coefficient (Wildman–Crippen LogP) is 4.46. The van der Waals surface area contributed by atoms with Crippen molar-refractivity contribution < 1.29 is 18.6 Å². The van der Waals surface area contributed by atoms with Crippen LogP contribution in [0.1, 0.15) is 29.6 Å². The summed E-state index contributed by atoms with van der Waals surface area (Å²) in [5.74, 6) is 2.94. The van der Waals surface area contributed by atoms with Crippen molar-refractivity contribution in [3.05, 3.63) is 65.2 Å². The van der Waals surface area contributed by atoms with E-state index < -0.39 is 0 Å². The Morgan fingerprint density at radius 2 is 1.97 bits per heavy atom. The molecule has 0 saturated carbocycles. The molecule has 0 bridgehead atoms. The molecule has 7 heteroatoms. The molecular formula is C22H19N3O4. The Kier molecular flexibility index (Phi) is 5.34. The largest absolute Gasteiger partial charge is 0.494 e. The van der Waals surface area contributed by atoms with Crippen LogP contribution in [0, 0.1) is 11.3 Å². The first kappa shape index (κ1) is 18.4. The van der Waals surface area contributed by atoms with E-state index in [2.05, 4.69) is 16.4 Å². The first-order chi connectivity index (χ1) is 14.2. The summed E-state index contributed by atoms with van der Waals surface area (Å²) in [5.41, 5.74) is 2.15. The van der Waals surface area contributed by atoms with Gasteiger partial charge in [-0.3, -0.25) is 0 Å². The van der Waals surface area contributed by atoms with Crippen molar-refractivity contribution in [3.8, 4) is 23.3 Å². The number of nitriles is 1. The first-order valence-corrected chi connectivity index (χ1v) is 9.19. The summed E-state index contributed by atoms with van der Waals surface area (Å²) in [6, 6.07) is 15.4. The SMILES string of the molecule is CCOc1ccc(C=Cc2nc(C#N)c(NCc3ccc4c(c3)OCO4)o2)cc1. The van der Waals surface area contributed by atoms with Crippen LogP contribution in [0.4, 0.5) is 5.88 Å². The lowest BCUT2D eigenvalue weighted by Crippen LogP contribution is -1.99. The van der Waals surface area contributed by atoms with Crippen LogP contribution in [0.25, 0.3) is 12.2 Å². The van der Waals surface area contributed by atoms with Crippen LogP contribution < -0.4 is 19.5 Å². The van der Waals surface area contributed by atoms with E-state index in [9.17, 15) is 5.26 Å². The van der Waals surface area contributed by atoms with Crippen LogP contribution >= 0.6 is 0 Å². The average Bonchev–Trinajstić information content (AvgIpc) is 3.38. The fourth-order valence-corrected chi connectivity index (χ4v) is 2.85. The molecular weight excluding hydrogens is 370 g/mol. The quantitative estimate of drug-likeness (QED) is 0.638. The highest BCUT2D eigenvalue weighted by molar-refractivity contribution is 5.67. The van der Waals surface area contributed by atoms with Gasteiger partial charge < -0.3 is 23.9 Å². The summed E-state index contributed by atoms with van der Waals surface area (Å²) in [5, 5.41) is 12.4. The lowest BCUT2D eigenvalue weighted by Gasteiger charge is -2.04. The minimum Gasteiger partial charge on any atom is -0.494 e. The second-order valence-corrected chi connectivity index (χ2v) is 6.22. The highest BCUT2D eigenvalue weighted by Crippen LogP contribution is 2.32. The van der Waals surface area contributed by atoms with Gasteiger partial charge in [0, 0.05) is 12.6 Å². The summed E-state index contributed by atoms with van der Waals surface area (Å²) in [4.78, 5) is 4.21. The molecule has 0 radical (unpaired) electrons. The molecule has 0 saturated heterocycles. The molecule has 4 rings (SSSR count). The third-order valence-corrected chi connectivity index (χ3v) is 4.25. The van der Waals surface area contributed by atoms with Crippen molar-refractivity contribution in [3.63, 3.8) is 0 Å². The third-order valence-electron chi connectivity index (χ3n) is 4.25. The second-order valence-electron chi connectivity index (χ2n) is 6.22. The van der Waals surface area contributed by atoms with Crippen LogP contribution in [-0.4, -0.2) is 18.4 Å². The monoisotopic (exact) mass is 389 g/mol. The van der Waals surface area contributed by atoms with Gasteiger partial charge in [-0.15, -0.1) is 0 Å². The number of fused-ring (bicyclic) bond motifs is 1. The zero-order chi connectivity index (χ0) is 20.1. The Morgan fingerprint density at radius 3 is 2.76 bits per heavy atom. The number of nitrogens with zero attached hydrogens (tertiary/aromatic N) is 2. The number of ether oxygens (including phenoxy) is 3. The minimum absolute atomic E-state index is 0.206. The lowest BCUT2D eigenvalue weighted by molar-refractivity contribution is 0.174. The van der Waals surface area contributed by atoms with Gasteiger partial charge in [0.1, 0.15) is 11.8 Å². The zero-order valence-electron chi connectivity index (χ0n) is 15.8. The van der Waals surface area contributed by atoms with E-state index in [4.69, 9.17) is 18.6 Å². The van der Waals surface area contributed by atoms with Crippen molar-refractivity contribution >= 4 is 18.0 Å². The van der Waals surface area contributed by atoms with Gasteiger partial charge in [0.25, 0.3) is 0 Å². The molecule has 0 fully saturated rings.